The molecule has 1 heterocycles. The zero-order chi connectivity index (χ0) is 15.5. The molecule has 5 heteroatoms. The van der Waals surface area contributed by atoms with Crippen LogP contribution in [0.3, 0.4) is 0 Å². The first-order valence-corrected chi connectivity index (χ1v) is 8.14. The normalized spacial score (nSPS) is 18.7. The van der Waals surface area contributed by atoms with Gasteiger partial charge in [-0.15, -0.1) is 0 Å². The Bertz CT molecular complexity index is 473. The van der Waals surface area contributed by atoms with Crippen molar-refractivity contribution in [1.82, 2.24) is 10.2 Å². The highest BCUT2D eigenvalue weighted by atomic mass is 35.5. The molecule has 3 nitrogen and oxygen atoms in total. The lowest BCUT2D eigenvalue weighted by molar-refractivity contribution is -0.0223. The van der Waals surface area contributed by atoms with Crippen molar-refractivity contribution in [3.8, 4) is 0 Å². The Kier molecular flexibility index (Phi) is 5.92. The Labute approximate surface area is 137 Å². The number of hydrogen-bond donors (Lipinski definition) is 1. The van der Waals surface area contributed by atoms with Crippen molar-refractivity contribution in [2.45, 2.75) is 31.8 Å². The van der Waals surface area contributed by atoms with E-state index in [1.807, 2.05) is 25.2 Å². The summed E-state index contributed by atoms with van der Waals surface area (Å²) in [6.07, 6.45) is 0.847. The maximum Gasteiger partial charge on any atom is 0.0594 e. The van der Waals surface area contributed by atoms with Crippen LogP contribution in [0.5, 0.6) is 0 Å². The maximum absolute atomic E-state index is 6.31. The fourth-order valence-corrected chi connectivity index (χ4v) is 3.37. The number of ether oxygens (including phenoxy) is 1. The van der Waals surface area contributed by atoms with Gasteiger partial charge in [0.2, 0.25) is 0 Å². The van der Waals surface area contributed by atoms with E-state index in [0.717, 1.165) is 48.3 Å². The minimum absolute atomic E-state index is 0.0180. The molecule has 0 saturated carbocycles. The van der Waals surface area contributed by atoms with E-state index >= 15 is 0 Å². The Morgan fingerprint density at radius 1 is 1.29 bits per heavy atom. The second-order valence-electron chi connectivity index (χ2n) is 6.03. The van der Waals surface area contributed by atoms with Gasteiger partial charge in [0.25, 0.3) is 0 Å². The molecule has 0 aromatic heterocycles. The summed E-state index contributed by atoms with van der Waals surface area (Å²) in [5.41, 5.74) is 1.11. The van der Waals surface area contributed by atoms with Gasteiger partial charge >= 0.3 is 0 Å². The third-order valence-electron chi connectivity index (χ3n) is 4.46. The van der Waals surface area contributed by atoms with E-state index in [4.69, 9.17) is 27.9 Å². The number of rotatable bonds is 5. The average molecular weight is 331 g/mol. The van der Waals surface area contributed by atoms with E-state index < -0.39 is 0 Å². The van der Waals surface area contributed by atoms with Crippen LogP contribution in [-0.4, -0.2) is 49.8 Å². The molecule has 0 aliphatic carbocycles. The molecule has 2 rings (SSSR count). The number of nitrogens with one attached hydrogen (secondary N) is 1. The Morgan fingerprint density at radius 3 is 2.57 bits per heavy atom. The summed E-state index contributed by atoms with van der Waals surface area (Å²) >= 11 is 12.4. The zero-order valence-corrected chi connectivity index (χ0v) is 14.5. The van der Waals surface area contributed by atoms with Gasteiger partial charge in [-0.25, -0.2) is 0 Å². The lowest BCUT2D eigenvalue weighted by Gasteiger charge is -2.46. The minimum Gasteiger partial charge on any atom is -0.379 e. The number of nitrogens with zero attached hydrogens (tertiary/aromatic N) is 1. The van der Waals surface area contributed by atoms with Gasteiger partial charge in [-0.1, -0.05) is 23.2 Å². The SMILES string of the molecule is CNC(Cc1cc(Cl)ccc1Cl)C(C)(C)N1CCOCC1. The molecule has 1 N–H and O–H groups in total. The predicted octanol–water partition coefficient (Wildman–Crippen LogP) is 3.23. The first-order chi connectivity index (χ1) is 9.95. The van der Waals surface area contributed by atoms with Crippen LogP contribution in [0, 0.1) is 0 Å². The monoisotopic (exact) mass is 330 g/mol. The summed E-state index contributed by atoms with van der Waals surface area (Å²) in [6, 6.07) is 5.94. The molecule has 21 heavy (non-hydrogen) atoms. The highest BCUT2D eigenvalue weighted by molar-refractivity contribution is 6.33. The van der Waals surface area contributed by atoms with Crippen molar-refractivity contribution in [1.29, 1.82) is 0 Å². The fraction of sp³-hybridized carbons (Fsp3) is 0.625. The molecule has 0 amide bonds. The van der Waals surface area contributed by atoms with E-state index in [1.54, 1.807) is 0 Å². The summed E-state index contributed by atoms with van der Waals surface area (Å²) in [4.78, 5) is 2.48. The molecule has 1 atom stereocenters. The molecule has 1 aliphatic heterocycles. The van der Waals surface area contributed by atoms with Gasteiger partial charge in [0.1, 0.15) is 0 Å². The fourth-order valence-electron chi connectivity index (χ4n) is 2.98. The second kappa shape index (κ2) is 7.30. The number of hydrogen-bond acceptors (Lipinski definition) is 3. The minimum atomic E-state index is 0.0180. The lowest BCUT2D eigenvalue weighted by atomic mass is 9.87. The molecule has 1 fully saturated rings. The van der Waals surface area contributed by atoms with Gasteiger partial charge in [0.05, 0.1) is 13.2 Å². The maximum atomic E-state index is 6.31. The zero-order valence-electron chi connectivity index (χ0n) is 13.0. The van der Waals surface area contributed by atoms with Crippen LogP contribution in [0.15, 0.2) is 18.2 Å². The summed E-state index contributed by atoms with van der Waals surface area (Å²) in [5, 5.41) is 4.96. The summed E-state index contributed by atoms with van der Waals surface area (Å²) in [6.45, 7) is 8.09. The topological polar surface area (TPSA) is 24.5 Å². The first-order valence-electron chi connectivity index (χ1n) is 7.39. The van der Waals surface area contributed by atoms with Gasteiger partial charge in [0, 0.05) is 34.7 Å². The largest absolute Gasteiger partial charge is 0.379 e. The quantitative estimate of drug-likeness (QED) is 0.896. The van der Waals surface area contributed by atoms with Gasteiger partial charge < -0.3 is 10.1 Å². The molecule has 118 valence electrons. The van der Waals surface area contributed by atoms with Gasteiger partial charge in [-0.3, -0.25) is 4.90 Å². The van der Waals surface area contributed by atoms with Crippen molar-refractivity contribution < 1.29 is 4.74 Å². The number of benzene rings is 1. The van der Waals surface area contributed by atoms with Crippen LogP contribution in [0.4, 0.5) is 0 Å². The predicted molar refractivity (Wildman–Crippen MR) is 89.5 cm³/mol. The van der Waals surface area contributed by atoms with Crippen molar-refractivity contribution >= 4 is 23.2 Å². The van der Waals surface area contributed by atoms with Crippen LogP contribution in [0.25, 0.3) is 0 Å². The lowest BCUT2D eigenvalue weighted by Crippen LogP contribution is -2.60. The first kappa shape index (κ1) is 17.0. The van der Waals surface area contributed by atoms with Crippen LogP contribution in [0.1, 0.15) is 19.4 Å². The summed E-state index contributed by atoms with van der Waals surface area (Å²) in [5.74, 6) is 0. The molecular weight excluding hydrogens is 307 g/mol. The Hall–Kier alpha value is -0.320. The van der Waals surface area contributed by atoms with E-state index in [9.17, 15) is 0 Å². The van der Waals surface area contributed by atoms with E-state index in [2.05, 4.69) is 24.1 Å². The van der Waals surface area contributed by atoms with Crippen molar-refractivity contribution in [3.05, 3.63) is 33.8 Å². The number of morpholine rings is 1. The summed E-state index contributed by atoms with van der Waals surface area (Å²) < 4.78 is 5.46. The highest BCUT2D eigenvalue weighted by Gasteiger charge is 2.35. The number of likely N-dealkylation sites (N-methyl/N-ethyl adjacent to an activating group) is 1. The molecule has 1 aromatic rings. The van der Waals surface area contributed by atoms with Crippen molar-refractivity contribution in [2.75, 3.05) is 33.4 Å². The molecule has 1 unspecified atom stereocenters. The van der Waals surface area contributed by atoms with E-state index in [-0.39, 0.29) is 11.6 Å². The molecule has 1 aliphatic rings. The smallest absolute Gasteiger partial charge is 0.0594 e. The Balaban J connectivity index is 2.16. The van der Waals surface area contributed by atoms with Crippen LogP contribution < -0.4 is 5.32 Å². The highest BCUT2D eigenvalue weighted by Crippen LogP contribution is 2.27. The molecule has 1 saturated heterocycles. The average Bonchev–Trinajstić information content (AvgIpc) is 2.48. The van der Waals surface area contributed by atoms with Crippen LogP contribution >= 0.6 is 23.2 Å². The molecule has 0 radical (unpaired) electrons. The third-order valence-corrected chi connectivity index (χ3v) is 5.06. The molecule has 0 spiro atoms. The van der Waals surface area contributed by atoms with Gasteiger partial charge in [0.15, 0.2) is 0 Å². The van der Waals surface area contributed by atoms with E-state index in [0.29, 0.717) is 0 Å². The summed E-state index contributed by atoms with van der Waals surface area (Å²) in [7, 11) is 2.01. The Morgan fingerprint density at radius 2 is 1.95 bits per heavy atom. The number of halogens is 2. The van der Waals surface area contributed by atoms with Gasteiger partial charge in [-0.05, 0) is 51.1 Å². The molecule has 1 aromatic carbocycles. The van der Waals surface area contributed by atoms with Gasteiger partial charge in [-0.2, -0.15) is 0 Å². The van der Waals surface area contributed by atoms with Crippen molar-refractivity contribution in [3.63, 3.8) is 0 Å². The van der Waals surface area contributed by atoms with Crippen LogP contribution in [-0.2, 0) is 11.2 Å². The standard InChI is InChI=1S/C16H24Cl2N2O/c1-16(2,20-6-8-21-9-7-20)15(19-3)11-12-10-13(17)4-5-14(12)18/h4-5,10,15,19H,6-9,11H2,1-3H3. The van der Waals surface area contributed by atoms with E-state index in [1.165, 1.54) is 0 Å². The molecular formula is C16H24Cl2N2O. The van der Waals surface area contributed by atoms with Crippen LogP contribution in [0.2, 0.25) is 10.0 Å². The third kappa shape index (κ3) is 4.11. The van der Waals surface area contributed by atoms with Crippen molar-refractivity contribution in [2.24, 2.45) is 0 Å². The second-order valence-corrected chi connectivity index (χ2v) is 6.88. The molecule has 0 bridgehead atoms.